The molecule has 0 aliphatic heterocycles. The van der Waals surface area contributed by atoms with Gasteiger partial charge < -0.3 is 9.73 Å². The quantitative estimate of drug-likeness (QED) is 0.699. The standard InChI is InChI=1S/C18H18FNO/c1-11-8-9-14(19)10-16(11)20-13(3)18-12(2)15-6-4-5-7-17(15)21-18/h4-10,13,20H,1-3H3. The number of anilines is 1. The average Bonchev–Trinajstić information content (AvgIpc) is 2.81. The van der Waals surface area contributed by atoms with Crippen molar-refractivity contribution in [3.63, 3.8) is 0 Å². The van der Waals surface area contributed by atoms with E-state index >= 15 is 0 Å². The predicted octanol–water partition coefficient (Wildman–Crippen LogP) is 5.36. The number of furan rings is 1. The van der Waals surface area contributed by atoms with Crippen molar-refractivity contribution in [3.05, 3.63) is 65.2 Å². The first-order chi connectivity index (χ1) is 10.1. The van der Waals surface area contributed by atoms with Crippen molar-refractivity contribution in [2.45, 2.75) is 26.8 Å². The van der Waals surface area contributed by atoms with E-state index in [1.807, 2.05) is 32.0 Å². The van der Waals surface area contributed by atoms with Gasteiger partial charge in [-0.2, -0.15) is 0 Å². The zero-order valence-electron chi connectivity index (χ0n) is 12.4. The minimum atomic E-state index is -0.239. The third-order valence-electron chi connectivity index (χ3n) is 3.85. The number of para-hydroxylation sites is 1. The Kier molecular flexibility index (Phi) is 3.42. The lowest BCUT2D eigenvalue weighted by Gasteiger charge is -2.16. The Morgan fingerprint density at radius 1 is 1.10 bits per heavy atom. The van der Waals surface area contributed by atoms with Gasteiger partial charge in [0.2, 0.25) is 0 Å². The number of hydrogen-bond donors (Lipinski definition) is 1. The van der Waals surface area contributed by atoms with Crippen molar-refractivity contribution < 1.29 is 8.81 Å². The third kappa shape index (κ3) is 2.51. The van der Waals surface area contributed by atoms with Gasteiger partial charge in [0, 0.05) is 16.6 Å². The van der Waals surface area contributed by atoms with Gasteiger partial charge >= 0.3 is 0 Å². The second-order valence-corrected chi connectivity index (χ2v) is 5.41. The van der Waals surface area contributed by atoms with Crippen LogP contribution >= 0.6 is 0 Å². The Bertz CT molecular complexity index is 791. The van der Waals surface area contributed by atoms with Crippen molar-refractivity contribution in [2.75, 3.05) is 5.32 Å². The van der Waals surface area contributed by atoms with Crippen LogP contribution in [0.15, 0.2) is 46.9 Å². The topological polar surface area (TPSA) is 25.2 Å². The number of nitrogens with one attached hydrogen (secondary N) is 1. The second kappa shape index (κ2) is 5.24. The minimum absolute atomic E-state index is 0.0297. The van der Waals surface area contributed by atoms with E-state index in [9.17, 15) is 4.39 Å². The fraction of sp³-hybridized carbons (Fsp3) is 0.222. The van der Waals surface area contributed by atoms with E-state index in [0.717, 1.165) is 33.5 Å². The molecule has 0 spiro atoms. The molecule has 1 heterocycles. The molecule has 0 saturated heterocycles. The number of fused-ring (bicyclic) bond motifs is 1. The lowest BCUT2D eigenvalue weighted by molar-refractivity contribution is 0.522. The zero-order chi connectivity index (χ0) is 15.0. The van der Waals surface area contributed by atoms with Crippen LogP contribution in [-0.2, 0) is 0 Å². The molecule has 3 rings (SSSR count). The molecule has 0 aliphatic rings. The minimum Gasteiger partial charge on any atom is -0.459 e. The normalized spacial score (nSPS) is 12.6. The smallest absolute Gasteiger partial charge is 0.134 e. The summed E-state index contributed by atoms with van der Waals surface area (Å²) in [6, 6.07) is 12.7. The molecule has 2 nitrogen and oxygen atoms in total. The Morgan fingerprint density at radius 2 is 1.86 bits per heavy atom. The molecule has 0 fully saturated rings. The molecule has 3 heteroatoms. The summed E-state index contributed by atoms with van der Waals surface area (Å²) in [7, 11) is 0. The lowest BCUT2D eigenvalue weighted by Crippen LogP contribution is -2.08. The van der Waals surface area contributed by atoms with Crippen LogP contribution < -0.4 is 5.32 Å². The molecule has 1 N–H and O–H groups in total. The molecular formula is C18H18FNO. The lowest BCUT2D eigenvalue weighted by atomic mass is 10.1. The Balaban J connectivity index is 1.95. The van der Waals surface area contributed by atoms with Gasteiger partial charge in [-0.1, -0.05) is 24.3 Å². The number of aryl methyl sites for hydroxylation is 2. The van der Waals surface area contributed by atoms with Crippen LogP contribution in [0.2, 0.25) is 0 Å². The van der Waals surface area contributed by atoms with Gasteiger partial charge in [0.25, 0.3) is 0 Å². The van der Waals surface area contributed by atoms with Gasteiger partial charge in [-0.15, -0.1) is 0 Å². The molecule has 1 atom stereocenters. The van der Waals surface area contributed by atoms with E-state index in [0.29, 0.717) is 0 Å². The Labute approximate surface area is 123 Å². The highest BCUT2D eigenvalue weighted by atomic mass is 19.1. The third-order valence-corrected chi connectivity index (χ3v) is 3.85. The summed E-state index contributed by atoms with van der Waals surface area (Å²) >= 11 is 0. The van der Waals surface area contributed by atoms with Crippen molar-refractivity contribution in [3.8, 4) is 0 Å². The van der Waals surface area contributed by atoms with Crippen LogP contribution in [0.3, 0.4) is 0 Å². The van der Waals surface area contributed by atoms with Crippen molar-refractivity contribution in [2.24, 2.45) is 0 Å². The summed E-state index contributed by atoms with van der Waals surface area (Å²) < 4.78 is 19.3. The van der Waals surface area contributed by atoms with Crippen LogP contribution in [0, 0.1) is 19.7 Å². The van der Waals surface area contributed by atoms with Gasteiger partial charge in [-0.25, -0.2) is 4.39 Å². The molecule has 0 bridgehead atoms. The maximum atomic E-state index is 13.4. The van der Waals surface area contributed by atoms with Gasteiger partial charge in [0.15, 0.2) is 0 Å². The van der Waals surface area contributed by atoms with E-state index in [1.54, 1.807) is 6.07 Å². The molecule has 0 saturated carbocycles. The number of hydrogen-bond acceptors (Lipinski definition) is 2. The van der Waals surface area contributed by atoms with Gasteiger partial charge in [0.1, 0.15) is 17.2 Å². The van der Waals surface area contributed by atoms with Crippen molar-refractivity contribution in [1.29, 1.82) is 0 Å². The predicted molar refractivity (Wildman–Crippen MR) is 84.1 cm³/mol. The maximum absolute atomic E-state index is 13.4. The molecule has 1 unspecified atom stereocenters. The van der Waals surface area contributed by atoms with Crippen LogP contribution in [0.4, 0.5) is 10.1 Å². The summed E-state index contributed by atoms with van der Waals surface area (Å²) in [6.45, 7) is 6.03. The van der Waals surface area contributed by atoms with E-state index in [1.165, 1.54) is 12.1 Å². The van der Waals surface area contributed by atoms with E-state index in [4.69, 9.17) is 4.42 Å². The molecule has 0 amide bonds. The van der Waals surface area contributed by atoms with Crippen LogP contribution in [-0.4, -0.2) is 0 Å². The van der Waals surface area contributed by atoms with Gasteiger partial charge in [-0.05, 0) is 44.5 Å². The summed E-state index contributed by atoms with van der Waals surface area (Å²) in [6.07, 6.45) is 0. The van der Waals surface area contributed by atoms with Gasteiger partial charge in [0.05, 0.1) is 6.04 Å². The molecular weight excluding hydrogens is 265 g/mol. The summed E-state index contributed by atoms with van der Waals surface area (Å²) in [5.74, 6) is 0.650. The summed E-state index contributed by atoms with van der Waals surface area (Å²) in [4.78, 5) is 0. The van der Waals surface area contributed by atoms with Crippen molar-refractivity contribution >= 4 is 16.7 Å². The van der Waals surface area contributed by atoms with Crippen LogP contribution in [0.1, 0.15) is 29.9 Å². The van der Waals surface area contributed by atoms with Crippen LogP contribution in [0.5, 0.6) is 0 Å². The zero-order valence-corrected chi connectivity index (χ0v) is 12.4. The molecule has 0 aliphatic carbocycles. The second-order valence-electron chi connectivity index (χ2n) is 5.41. The molecule has 108 valence electrons. The SMILES string of the molecule is Cc1ccc(F)cc1NC(C)c1oc2ccccc2c1C. The highest BCUT2D eigenvalue weighted by molar-refractivity contribution is 5.82. The maximum Gasteiger partial charge on any atom is 0.134 e. The number of halogens is 1. The summed E-state index contributed by atoms with van der Waals surface area (Å²) in [5.41, 5.74) is 3.81. The molecule has 3 aromatic rings. The molecule has 21 heavy (non-hydrogen) atoms. The average molecular weight is 283 g/mol. The number of rotatable bonds is 3. The fourth-order valence-corrected chi connectivity index (χ4v) is 2.65. The van der Waals surface area contributed by atoms with E-state index in [2.05, 4.69) is 18.3 Å². The highest BCUT2D eigenvalue weighted by Crippen LogP contribution is 2.31. The fourth-order valence-electron chi connectivity index (χ4n) is 2.65. The Morgan fingerprint density at radius 3 is 2.62 bits per heavy atom. The number of benzene rings is 2. The monoisotopic (exact) mass is 283 g/mol. The molecule has 2 aromatic carbocycles. The highest BCUT2D eigenvalue weighted by Gasteiger charge is 2.17. The van der Waals surface area contributed by atoms with Crippen LogP contribution in [0.25, 0.3) is 11.0 Å². The van der Waals surface area contributed by atoms with Crippen molar-refractivity contribution in [1.82, 2.24) is 0 Å². The van der Waals surface area contributed by atoms with E-state index < -0.39 is 0 Å². The summed E-state index contributed by atoms with van der Waals surface area (Å²) in [5, 5.41) is 4.46. The first kappa shape index (κ1) is 13.7. The van der Waals surface area contributed by atoms with Gasteiger partial charge in [-0.3, -0.25) is 0 Å². The first-order valence-electron chi connectivity index (χ1n) is 7.07. The van der Waals surface area contributed by atoms with E-state index in [-0.39, 0.29) is 11.9 Å². The Hall–Kier alpha value is -2.29. The largest absolute Gasteiger partial charge is 0.459 e. The first-order valence-corrected chi connectivity index (χ1v) is 7.07. The molecule has 0 radical (unpaired) electrons. The molecule has 1 aromatic heterocycles.